The number of halogens is 5. The summed E-state index contributed by atoms with van der Waals surface area (Å²) in [4.78, 5) is 12.4. The van der Waals surface area contributed by atoms with Gasteiger partial charge in [0, 0.05) is 0 Å². The van der Waals surface area contributed by atoms with E-state index in [1.807, 2.05) is 0 Å². The van der Waals surface area contributed by atoms with E-state index in [1.54, 1.807) is 14.1 Å². The Kier molecular flexibility index (Phi) is 8.42. The average Bonchev–Trinajstić information content (AvgIpc) is 3.11. The third-order valence-corrected chi connectivity index (χ3v) is 9.06. The van der Waals surface area contributed by atoms with Gasteiger partial charge in [-0.25, -0.2) is 0 Å². The summed E-state index contributed by atoms with van der Waals surface area (Å²) in [5, 5.41) is -0.0410. The molecule has 0 amide bonds. The van der Waals surface area contributed by atoms with Crippen LogP contribution in [0.2, 0.25) is 0 Å². The van der Waals surface area contributed by atoms with E-state index >= 15 is 0 Å². The van der Waals surface area contributed by atoms with Crippen molar-refractivity contribution in [2.75, 3.05) is 5.75 Å². The van der Waals surface area contributed by atoms with E-state index in [0.29, 0.717) is 4.42 Å². The standard InChI is InChI=1S/C14H13F3N5O2S.2ClH.Li.Zn/c1-4-25(23,24)13-10(19-7-21(13)2)12-20-9-5-8(14(15,16)17)6-18-11(9)22(12)3;;;;/h5-6H,4H2,1-3H3;2*1H;;/q;;;2*+1/p-2. The third kappa shape index (κ3) is 4.68. The van der Waals surface area contributed by atoms with Crippen molar-refractivity contribution in [2.45, 2.75) is 18.1 Å². The Labute approximate surface area is 194 Å². The molecule has 0 aliphatic heterocycles. The van der Waals surface area contributed by atoms with Gasteiger partial charge < -0.3 is 12.4 Å². The van der Waals surface area contributed by atoms with Crippen molar-refractivity contribution in [1.29, 1.82) is 0 Å². The first kappa shape index (κ1) is 26.4. The van der Waals surface area contributed by atoms with E-state index in [4.69, 9.17) is 9.69 Å². The number of fused-ring (bicyclic) bond motifs is 1. The summed E-state index contributed by atoms with van der Waals surface area (Å²) in [5.74, 6) is -0.0347. The average molecular weight is 516 g/mol. The molecule has 3 aromatic rings. The van der Waals surface area contributed by atoms with Gasteiger partial charge in [-0.2, -0.15) is 0 Å². The Morgan fingerprint density at radius 3 is 2.34 bits per heavy atom. The summed E-state index contributed by atoms with van der Waals surface area (Å²) in [7, 11) is 5.47. The van der Waals surface area contributed by atoms with Crippen LogP contribution in [-0.4, -0.2) is 38.3 Å². The van der Waals surface area contributed by atoms with Gasteiger partial charge in [-0.1, -0.05) is 0 Å². The number of rotatable bonds is 4. The molecule has 3 heterocycles. The zero-order valence-corrected chi connectivity index (χ0v) is 21.2. The van der Waals surface area contributed by atoms with Crippen molar-refractivity contribution in [3.05, 3.63) is 17.8 Å². The maximum atomic E-state index is 12.9. The van der Waals surface area contributed by atoms with E-state index in [-0.39, 0.29) is 64.7 Å². The Hall–Kier alpha value is -0.629. The second kappa shape index (κ2) is 9.25. The van der Waals surface area contributed by atoms with Crippen LogP contribution in [0.5, 0.6) is 0 Å². The molecule has 7 nitrogen and oxygen atoms in total. The minimum Gasteiger partial charge on any atom is -1.00 e. The van der Waals surface area contributed by atoms with E-state index in [0.717, 1.165) is 12.3 Å². The maximum absolute atomic E-state index is 12.9. The Bertz CT molecular complexity index is 1150. The van der Waals surface area contributed by atoms with Crippen molar-refractivity contribution >= 4 is 35.1 Å². The Morgan fingerprint density at radius 2 is 1.83 bits per heavy atom. The van der Waals surface area contributed by atoms with E-state index < -0.39 is 37.7 Å². The molecule has 29 heavy (non-hydrogen) atoms. The van der Waals surface area contributed by atoms with Crippen molar-refractivity contribution in [1.82, 2.24) is 24.1 Å². The number of sulfone groups is 1. The molecule has 0 spiro atoms. The molecule has 0 fully saturated rings. The summed E-state index contributed by atoms with van der Waals surface area (Å²) in [6.45, 7) is 1.50. The smallest absolute Gasteiger partial charge is 1.00 e. The van der Waals surface area contributed by atoms with Crippen LogP contribution < -0.4 is 35.7 Å². The summed E-state index contributed by atoms with van der Waals surface area (Å²) in [5.41, 5.74) is -0.660. The van der Waals surface area contributed by atoms with Gasteiger partial charge in [0.1, 0.15) is 0 Å². The molecule has 0 atom stereocenters. The fourth-order valence-corrected chi connectivity index (χ4v) is 6.60. The Balaban J connectivity index is 0.00000210. The maximum Gasteiger partial charge on any atom is 1.00 e. The van der Waals surface area contributed by atoms with Crippen LogP contribution in [0, 0.1) is 0 Å². The second-order valence-corrected chi connectivity index (χ2v) is 11.3. The third-order valence-electron chi connectivity index (χ3n) is 4.18. The number of aromatic nitrogens is 5. The molecule has 0 N–H and O–H groups in total. The van der Waals surface area contributed by atoms with Crippen molar-refractivity contribution in [2.24, 2.45) is 14.1 Å². The van der Waals surface area contributed by atoms with Crippen LogP contribution in [0.3, 0.4) is 0 Å². The van der Waals surface area contributed by atoms with Crippen molar-refractivity contribution < 1.29 is 69.0 Å². The van der Waals surface area contributed by atoms with Crippen LogP contribution in [0.1, 0.15) is 12.5 Å². The monoisotopic (exact) mass is 513 g/mol. The SMILES string of the molecule is CCS(=O)(=O)c1c(-c2nc3cc(C(F)(F)F)cnc3n2C)n[c]([Zn][Cl])n1C.[Cl-].[Li+]. The van der Waals surface area contributed by atoms with Crippen LogP contribution in [0.4, 0.5) is 13.2 Å². The molecule has 0 aliphatic carbocycles. The zero-order valence-electron chi connectivity index (χ0n) is 15.9. The predicted octanol–water partition coefficient (Wildman–Crippen LogP) is -3.95. The molecule has 0 aliphatic rings. The summed E-state index contributed by atoms with van der Waals surface area (Å²) < 4.78 is 67.3. The van der Waals surface area contributed by atoms with Gasteiger partial charge in [-0.15, -0.1) is 0 Å². The molecule has 0 saturated carbocycles. The fourth-order valence-electron chi connectivity index (χ4n) is 2.73. The first-order valence-electron chi connectivity index (χ1n) is 7.75. The van der Waals surface area contributed by atoms with Gasteiger partial charge in [-0.3, -0.25) is 0 Å². The summed E-state index contributed by atoms with van der Waals surface area (Å²) in [6, 6.07) is 0.878. The van der Waals surface area contributed by atoms with Gasteiger partial charge in [0.25, 0.3) is 0 Å². The van der Waals surface area contributed by atoms with Gasteiger partial charge in [-0.05, 0) is 0 Å². The number of alkyl halides is 3. The second-order valence-electron chi connectivity index (χ2n) is 5.84. The van der Waals surface area contributed by atoms with Gasteiger partial charge >= 0.3 is 183 Å². The fraction of sp³-hybridized carbons (Fsp3) is 0.357. The molecule has 0 unspecified atom stereocenters. The number of imidazole rings is 2. The van der Waals surface area contributed by atoms with Crippen molar-refractivity contribution in [3.8, 4) is 11.5 Å². The number of nitrogens with zero attached hydrogens (tertiary/aromatic N) is 5. The van der Waals surface area contributed by atoms with Gasteiger partial charge in [0.2, 0.25) is 0 Å². The largest absolute Gasteiger partial charge is 1.00 e. The quantitative estimate of drug-likeness (QED) is 0.332. The molecule has 3 aromatic heterocycles. The summed E-state index contributed by atoms with van der Waals surface area (Å²) in [6.07, 6.45) is -3.84. The van der Waals surface area contributed by atoms with Crippen molar-refractivity contribution in [3.63, 3.8) is 0 Å². The predicted molar refractivity (Wildman–Crippen MR) is 88.9 cm³/mol. The molecule has 0 saturated heterocycles. The number of aryl methyl sites for hydroxylation is 1. The number of hydrogen-bond acceptors (Lipinski definition) is 5. The van der Waals surface area contributed by atoms with Crippen LogP contribution >= 0.6 is 9.69 Å². The number of pyridine rings is 1. The van der Waals surface area contributed by atoms with E-state index in [2.05, 4.69) is 15.0 Å². The van der Waals surface area contributed by atoms with E-state index in [9.17, 15) is 21.6 Å². The molecule has 0 radical (unpaired) electrons. The van der Waals surface area contributed by atoms with Gasteiger partial charge in [0.15, 0.2) is 0 Å². The zero-order chi connectivity index (χ0) is 20.1. The minimum atomic E-state index is -4.56. The molecule has 15 heteroatoms. The van der Waals surface area contributed by atoms with E-state index in [1.165, 1.54) is 16.1 Å². The van der Waals surface area contributed by atoms with Gasteiger partial charge in [0.05, 0.1) is 0 Å². The first-order chi connectivity index (χ1) is 12.5. The molecular weight excluding hydrogens is 502 g/mol. The molecule has 0 bridgehead atoms. The molecular formula is C14H13Cl2F3LiN5O2SZn. The molecule has 3 rings (SSSR count). The van der Waals surface area contributed by atoms with Crippen LogP contribution in [-0.2, 0) is 46.2 Å². The Morgan fingerprint density at radius 1 is 1.21 bits per heavy atom. The number of hydrogen-bond donors (Lipinski definition) is 0. The topological polar surface area (TPSA) is 82.7 Å². The molecule has 150 valence electrons. The first-order valence-corrected chi connectivity index (χ1v) is 14.8. The van der Waals surface area contributed by atoms with Crippen LogP contribution in [0.25, 0.3) is 22.7 Å². The van der Waals surface area contributed by atoms with Crippen LogP contribution in [0.15, 0.2) is 17.3 Å². The molecule has 0 aromatic carbocycles. The minimum absolute atomic E-state index is 0. The summed E-state index contributed by atoms with van der Waals surface area (Å²) >= 11 is -1.76. The normalized spacial score (nSPS) is 11.7.